The van der Waals surface area contributed by atoms with E-state index in [4.69, 9.17) is 8.92 Å². The fourth-order valence-electron chi connectivity index (χ4n) is 4.81. The number of unbranched alkanes of at least 4 members (excludes halogenated alkanes) is 1. The number of esters is 1. The summed E-state index contributed by atoms with van der Waals surface area (Å²) >= 11 is 0. The molecule has 0 heterocycles. The van der Waals surface area contributed by atoms with Crippen LogP contribution in [0.1, 0.15) is 74.2 Å². The Morgan fingerprint density at radius 2 is 1.80 bits per heavy atom. The van der Waals surface area contributed by atoms with Crippen LogP contribution in [-0.4, -0.2) is 39.3 Å². The Hall–Kier alpha value is -3.58. The summed E-state index contributed by atoms with van der Waals surface area (Å²) in [5.74, 6) is -4.44. The number of halogens is 5. The number of rotatable bonds is 16. The fraction of sp³-hybridized carbons (Fsp3) is 0.438. The van der Waals surface area contributed by atoms with Crippen molar-refractivity contribution in [1.82, 2.24) is 5.32 Å². The minimum Gasteiger partial charge on any atom is -0.466 e. The van der Waals surface area contributed by atoms with Crippen molar-refractivity contribution < 1.29 is 48.9 Å². The number of benzene rings is 2. The maximum Gasteiger partial charge on any atom is 0.419 e. The number of carbonyl (C=O) groups is 2. The predicted molar refractivity (Wildman–Crippen MR) is 161 cm³/mol. The van der Waals surface area contributed by atoms with Crippen LogP contribution in [0.5, 0.6) is 0 Å². The third-order valence-corrected chi connectivity index (χ3v) is 7.30. The van der Waals surface area contributed by atoms with Crippen LogP contribution < -0.4 is 5.32 Å². The zero-order valence-corrected chi connectivity index (χ0v) is 26.5. The molecule has 0 aliphatic heterocycles. The third kappa shape index (κ3) is 11.4. The minimum absolute atomic E-state index is 0.114. The molecule has 0 saturated carbocycles. The molecule has 2 aromatic rings. The number of hydrogen-bond donors (Lipinski definition) is 1. The van der Waals surface area contributed by atoms with Crippen LogP contribution >= 0.6 is 0 Å². The maximum atomic E-state index is 15.8. The van der Waals surface area contributed by atoms with Crippen molar-refractivity contribution in [2.75, 3.05) is 12.9 Å². The predicted octanol–water partition coefficient (Wildman–Crippen LogP) is 7.28. The van der Waals surface area contributed by atoms with Gasteiger partial charge in [0.2, 0.25) is 0 Å². The van der Waals surface area contributed by atoms with E-state index in [-0.39, 0.29) is 42.6 Å². The molecule has 1 N–H and O–H groups in total. The highest BCUT2D eigenvalue weighted by Gasteiger charge is 2.38. The number of allylic oxidation sites excluding steroid dienone is 2. The van der Waals surface area contributed by atoms with Crippen LogP contribution in [0.4, 0.5) is 22.0 Å². The second kappa shape index (κ2) is 16.1. The fourth-order valence-corrected chi connectivity index (χ4v) is 5.42. The monoisotopic (exact) mass is 659 g/mol. The molecule has 248 valence electrons. The zero-order chi connectivity index (χ0) is 34.1. The SMILES string of the molecule is C=CCCCc1cc(F)cc(C)c1-c1cc([C@H](CC(=O)OCC)NC(=O)[C@@H](CCC(=C)C)OS(C)(=O)=O)c(F)c(C(F)(F)F)c1. The van der Waals surface area contributed by atoms with Gasteiger partial charge in [0.25, 0.3) is 16.0 Å². The van der Waals surface area contributed by atoms with E-state index >= 15 is 4.39 Å². The van der Waals surface area contributed by atoms with Crippen LogP contribution in [-0.2, 0) is 41.2 Å². The number of ether oxygens (including phenoxy) is 1. The minimum atomic E-state index is -5.20. The van der Waals surface area contributed by atoms with Crippen molar-refractivity contribution in [3.8, 4) is 11.1 Å². The molecule has 0 radical (unpaired) electrons. The highest BCUT2D eigenvalue weighted by atomic mass is 32.2. The van der Waals surface area contributed by atoms with Crippen molar-refractivity contribution in [2.24, 2.45) is 0 Å². The Kier molecular flexibility index (Phi) is 13.5. The molecular formula is C32H38F5NO6S. The van der Waals surface area contributed by atoms with Crippen molar-refractivity contribution in [2.45, 2.75) is 77.6 Å². The molecule has 0 aromatic heterocycles. The number of amides is 1. The second-order valence-corrected chi connectivity index (χ2v) is 12.3. The Morgan fingerprint density at radius 3 is 2.36 bits per heavy atom. The van der Waals surface area contributed by atoms with Gasteiger partial charge < -0.3 is 10.1 Å². The van der Waals surface area contributed by atoms with Gasteiger partial charge in [-0.2, -0.15) is 21.6 Å². The van der Waals surface area contributed by atoms with Crippen LogP contribution in [0.3, 0.4) is 0 Å². The van der Waals surface area contributed by atoms with E-state index in [9.17, 15) is 35.6 Å². The molecule has 45 heavy (non-hydrogen) atoms. The van der Waals surface area contributed by atoms with Gasteiger partial charge in [0.05, 0.1) is 30.9 Å². The smallest absolute Gasteiger partial charge is 0.419 e. The van der Waals surface area contributed by atoms with Crippen LogP contribution in [0.25, 0.3) is 11.1 Å². The summed E-state index contributed by atoms with van der Waals surface area (Å²) in [5.41, 5.74) is -1.05. The summed E-state index contributed by atoms with van der Waals surface area (Å²) in [4.78, 5) is 25.9. The highest BCUT2D eigenvalue weighted by molar-refractivity contribution is 7.86. The first-order valence-corrected chi connectivity index (χ1v) is 16.0. The Bertz CT molecular complexity index is 1520. The Labute approximate surface area is 260 Å². The molecule has 0 aliphatic carbocycles. The largest absolute Gasteiger partial charge is 0.466 e. The molecule has 2 aromatic carbocycles. The average Bonchev–Trinajstić information content (AvgIpc) is 2.89. The first kappa shape index (κ1) is 37.6. The summed E-state index contributed by atoms with van der Waals surface area (Å²) in [5, 5.41) is 2.31. The van der Waals surface area contributed by atoms with Gasteiger partial charge >= 0.3 is 12.1 Å². The standard InChI is InChI=1S/C32H38F5NO6S/c1-7-9-10-11-21-15-23(33)14-20(5)29(21)22-16-24(30(34)25(17-22)32(35,36)37)26(18-28(39)43-8-2)38-31(40)27(13-12-19(3)4)44-45(6,41)42/h7,14-17,26-27H,1,3,8-13,18H2,2,4-6H3,(H,38,40)/t26-,27+/m0/s1. The summed E-state index contributed by atoms with van der Waals surface area (Å²) in [6, 6.07) is 2.25. The lowest BCUT2D eigenvalue weighted by atomic mass is 9.88. The molecule has 1 amide bonds. The molecule has 0 saturated heterocycles. The highest BCUT2D eigenvalue weighted by Crippen LogP contribution is 2.40. The molecule has 2 rings (SSSR count). The molecule has 0 spiro atoms. The summed E-state index contributed by atoms with van der Waals surface area (Å²) in [6.45, 7) is 11.8. The third-order valence-electron chi connectivity index (χ3n) is 6.72. The van der Waals surface area contributed by atoms with Crippen LogP contribution in [0, 0.1) is 18.6 Å². The zero-order valence-electron chi connectivity index (χ0n) is 25.7. The number of hydrogen-bond acceptors (Lipinski definition) is 6. The van der Waals surface area contributed by atoms with E-state index < -0.39 is 69.5 Å². The van der Waals surface area contributed by atoms with Gasteiger partial charge in [-0.05, 0) is 99.4 Å². The Balaban J connectivity index is 2.81. The van der Waals surface area contributed by atoms with E-state index in [2.05, 4.69) is 18.5 Å². The van der Waals surface area contributed by atoms with E-state index in [0.29, 0.717) is 36.3 Å². The molecule has 2 atom stereocenters. The van der Waals surface area contributed by atoms with Crippen LogP contribution in [0.2, 0.25) is 0 Å². The van der Waals surface area contributed by atoms with E-state index in [1.807, 2.05) is 0 Å². The number of nitrogens with one attached hydrogen (secondary N) is 1. The lowest BCUT2D eigenvalue weighted by Gasteiger charge is -2.25. The molecule has 0 fully saturated rings. The van der Waals surface area contributed by atoms with E-state index in [1.54, 1.807) is 13.0 Å². The number of aryl methyl sites for hydroxylation is 2. The van der Waals surface area contributed by atoms with E-state index in [1.165, 1.54) is 19.9 Å². The molecule has 0 aliphatic rings. The topological polar surface area (TPSA) is 98.8 Å². The van der Waals surface area contributed by atoms with Crippen molar-refractivity contribution in [3.63, 3.8) is 0 Å². The van der Waals surface area contributed by atoms with Gasteiger partial charge in [-0.25, -0.2) is 8.78 Å². The summed E-state index contributed by atoms with van der Waals surface area (Å²) in [7, 11) is -4.19. The van der Waals surface area contributed by atoms with Gasteiger partial charge in [0, 0.05) is 5.56 Å². The van der Waals surface area contributed by atoms with Gasteiger partial charge in [0.1, 0.15) is 11.6 Å². The lowest BCUT2D eigenvalue weighted by Crippen LogP contribution is -2.41. The van der Waals surface area contributed by atoms with Gasteiger partial charge in [-0.3, -0.25) is 13.8 Å². The first-order chi connectivity index (χ1) is 20.9. The van der Waals surface area contributed by atoms with Gasteiger partial charge in [0.15, 0.2) is 6.10 Å². The average molecular weight is 660 g/mol. The molecular weight excluding hydrogens is 621 g/mol. The van der Waals surface area contributed by atoms with Crippen molar-refractivity contribution >= 4 is 22.0 Å². The second-order valence-electron chi connectivity index (χ2n) is 10.7. The number of alkyl halides is 3. The van der Waals surface area contributed by atoms with Crippen molar-refractivity contribution in [3.05, 3.63) is 83.0 Å². The van der Waals surface area contributed by atoms with Crippen molar-refractivity contribution in [1.29, 1.82) is 0 Å². The normalized spacial score (nSPS) is 13.2. The quantitative estimate of drug-likeness (QED) is 0.0669. The maximum absolute atomic E-state index is 15.8. The van der Waals surface area contributed by atoms with Gasteiger partial charge in [-0.1, -0.05) is 11.6 Å². The molecule has 0 unspecified atom stereocenters. The Morgan fingerprint density at radius 1 is 1.13 bits per heavy atom. The van der Waals surface area contributed by atoms with Crippen LogP contribution in [0.15, 0.2) is 49.1 Å². The lowest BCUT2D eigenvalue weighted by molar-refractivity contribution is -0.144. The summed E-state index contributed by atoms with van der Waals surface area (Å²) < 4.78 is 107. The summed E-state index contributed by atoms with van der Waals surface area (Å²) in [6.07, 6.45) is -4.01. The molecule has 0 bridgehead atoms. The molecule has 7 nitrogen and oxygen atoms in total. The first-order valence-electron chi connectivity index (χ1n) is 14.2. The van der Waals surface area contributed by atoms with Gasteiger partial charge in [-0.15, -0.1) is 13.2 Å². The van der Waals surface area contributed by atoms with E-state index in [0.717, 1.165) is 12.1 Å². The molecule has 13 heteroatoms. The number of carbonyl (C=O) groups excluding carboxylic acids is 2.